The lowest BCUT2D eigenvalue weighted by Gasteiger charge is -2.17. The van der Waals surface area contributed by atoms with Crippen LogP contribution in [0.25, 0.3) is 0 Å². The Hall–Kier alpha value is -0.0800. The number of rotatable bonds is 20. The molecule has 0 fully saturated rings. The Bertz CT molecular complexity index is 240. The third kappa shape index (κ3) is 21.9. The standard InChI is InChI=1S/C23H50N2/c1-5-6-7-8-9-10-11-12-13-14-15-16-17-18-19-22-25(4)23-20-21-24(2)3/h5-23H2,1-4H3. The molecule has 0 bridgehead atoms. The Morgan fingerprint density at radius 1 is 0.400 bits per heavy atom. The molecule has 152 valence electrons. The molecule has 0 unspecified atom stereocenters. The van der Waals surface area contributed by atoms with Gasteiger partial charge in [-0.05, 0) is 53.6 Å². The Morgan fingerprint density at radius 2 is 0.760 bits per heavy atom. The first kappa shape index (κ1) is 24.9. The highest BCUT2D eigenvalue weighted by molar-refractivity contribution is 4.55. The van der Waals surface area contributed by atoms with Crippen LogP contribution in [0.5, 0.6) is 0 Å². The van der Waals surface area contributed by atoms with Gasteiger partial charge in [-0.3, -0.25) is 0 Å². The van der Waals surface area contributed by atoms with E-state index in [1.54, 1.807) is 0 Å². The van der Waals surface area contributed by atoms with E-state index in [4.69, 9.17) is 0 Å². The lowest BCUT2D eigenvalue weighted by molar-refractivity contribution is 0.294. The molecule has 25 heavy (non-hydrogen) atoms. The molecule has 0 N–H and O–H groups in total. The largest absolute Gasteiger partial charge is 0.309 e. The molecule has 0 amide bonds. The fourth-order valence-corrected chi connectivity index (χ4v) is 3.52. The van der Waals surface area contributed by atoms with Crippen molar-refractivity contribution in [3.8, 4) is 0 Å². The van der Waals surface area contributed by atoms with Crippen LogP contribution < -0.4 is 0 Å². The van der Waals surface area contributed by atoms with Gasteiger partial charge in [0.05, 0.1) is 0 Å². The second kappa shape index (κ2) is 20.2. The first-order chi connectivity index (χ1) is 12.2. The molecular weight excluding hydrogens is 304 g/mol. The number of hydrogen-bond donors (Lipinski definition) is 0. The van der Waals surface area contributed by atoms with Gasteiger partial charge in [-0.2, -0.15) is 0 Å². The molecule has 0 aromatic rings. The van der Waals surface area contributed by atoms with Gasteiger partial charge >= 0.3 is 0 Å². The minimum atomic E-state index is 1.21. The maximum atomic E-state index is 2.51. The second-order valence-corrected chi connectivity index (χ2v) is 8.41. The Morgan fingerprint density at radius 3 is 1.16 bits per heavy atom. The smallest absolute Gasteiger partial charge is 0.000960 e. The van der Waals surface area contributed by atoms with Gasteiger partial charge in [0.1, 0.15) is 0 Å². The van der Waals surface area contributed by atoms with Crippen LogP contribution in [0.2, 0.25) is 0 Å². The fourth-order valence-electron chi connectivity index (χ4n) is 3.52. The van der Waals surface area contributed by atoms with E-state index in [-0.39, 0.29) is 0 Å². The summed E-state index contributed by atoms with van der Waals surface area (Å²) in [5.41, 5.74) is 0. The van der Waals surface area contributed by atoms with E-state index in [0.717, 1.165) is 0 Å². The van der Waals surface area contributed by atoms with E-state index in [0.29, 0.717) is 0 Å². The predicted octanol–water partition coefficient (Wildman–Crippen LogP) is 6.74. The summed E-state index contributed by atoms with van der Waals surface area (Å²) in [6.07, 6.45) is 23.1. The third-order valence-electron chi connectivity index (χ3n) is 5.29. The van der Waals surface area contributed by atoms with Gasteiger partial charge in [0.2, 0.25) is 0 Å². The zero-order chi connectivity index (χ0) is 18.6. The number of hydrogen-bond acceptors (Lipinski definition) is 2. The highest BCUT2D eigenvalue weighted by Gasteiger charge is 1.99. The Kier molecular flexibility index (Phi) is 20.2. The SMILES string of the molecule is CCCCCCCCCCCCCCCCCN(C)CCCN(C)C. The summed E-state index contributed by atoms with van der Waals surface area (Å²) >= 11 is 0. The van der Waals surface area contributed by atoms with Gasteiger partial charge in [-0.25, -0.2) is 0 Å². The minimum absolute atomic E-state index is 1.21. The summed E-state index contributed by atoms with van der Waals surface area (Å²) in [4.78, 5) is 4.78. The summed E-state index contributed by atoms with van der Waals surface area (Å²) in [5, 5.41) is 0. The average Bonchev–Trinajstić information content (AvgIpc) is 2.58. The fraction of sp³-hybridized carbons (Fsp3) is 1.00. The van der Waals surface area contributed by atoms with Crippen molar-refractivity contribution in [2.75, 3.05) is 40.8 Å². The predicted molar refractivity (Wildman–Crippen MR) is 116 cm³/mol. The van der Waals surface area contributed by atoms with Crippen LogP contribution in [0.1, 0.15) is 110 Å². The third-order valence-corrected chi connectivity index (χ3v) is 5.29. The molecule has 0 aromatic heterocycles. The van der Waals surface area contributed by atoms with Crippen molar-refractivity contribution in [3.05, 3.63) is 0 Å². The van der Waals surface area contributed by atoms with Gasteiger partial charge < -0.3 is 9.80 Å². The molecule has 0 spiro atoms. The van der Waals surface area contributed by atoms with Crippen LogP contribution in [0, 0.1) is 0 Å². The summed E-state index contributed by atoms with van der Waals surface area (Å²) in [5.74, 6) is 0. The lowest BCUT2D eigenvalue weighted by Crippen LogP contribution is -2.24. The van der Waals surface area contributed by atoms with E-state index in [2.05, 4.69) is 37.9 Å². The molecule has 0 saturated heterocycles. The maximum Gasteiger partial charge on any atom is -0.000960 e. The van der Waals surface area contributed by atoms with E-state index >= 15 is 0 Å². The summed E-state index contributed by atoms with van der Waals surface area (Å²) in [7, 11) is 6.60. The molecule has 2 nitrogen and oxygen atoms in total. The van der Waals surface area contributed by atoms with E-state index in [9.17, 15) is 0 Å². The normalized spacial score (nSPS) is 11.8. The highest BCUT2D eigenvalue weighted by Crippen LogP contribution is 2.13. The van der Waals surface area contributed by atoms with Crippen molar-refractivity contribution in [1.82, 2.24) is 9.80 Å². The Labute approximate surface area is 160 Å². The van der Waals surface area contributed by atoms with Gasteiger partial charge in [0.15, 0.2) is 0 Å². The first-order valence-electron chi connectivity index (χ1n) is 11.5. The van der Waals surface area contributed by atoms with Gasteiger partial charge in [0.25, 0.3) is 0 Å². The average molecular weight is 355 g/mol. The van der Waals surface area contributed by atoms with Crippen LogP contribution in [-0.2, 0) is 0 Å². The van der Waals surface area contributed by atoms with E-state index < -0.39 is 0 Å². The van der Waals surface area contributed by atoms with Crippen molar-refractivity contribution in [2.45, 2.75) is 110 Å². The zero-order valence-corrected chi connectivity index (χ0v) is 18.3. The molecule has 0 atom stereocenters. The van der Waals surface area contributed by atoms with Crippen LogP contribution in [0.3, 0.4) is 0 Å². The number of unbranched alkanes of at least 4 members (excludes halogenated alkanes) is 14. The van der Waals surface area contributed by atoms with Crippen molar-refractivity contribution in [1.29, 1.82) is 0 Å². The molecule has 0 heterocycles. The molecular formula is C23H50N2. The monoisotopic (exact) mass is 354 g/mol. The van der Waals surface area contributed by atoms with Crippen molar-refractivity contribution < 1.29 is 0 Å². The molecule has 0 saturated carbocycles. The van der Waals surface area contributed by atoms with Crippen molar-refractivity contribution >= 4 is 0 Å². The van der Waals surface area contributed by atoms with Crippen LogP contribution in [0.15, 0.2) is 0 Å². The zero-order valence-electron chi connectivity index (χ0n) is 18.3. The van der Waals surface area contributed by atoms with Gasteiger partial charge in [-0.1, -0.05) is 96.8 Å². The quantitative estimate of drug-likeness (QED) is 0.223. The molecule has 0 aliphatic carbocycles. The number of nitrogens with zero attached hydrogens (tertiary/aromatic N) is 2. The highest BCUT2D eigenvalue weighted by atomic mass is 15.1. The first-order valence-corrected chi connectivity index (χ1v) is 11.5. The molecule has 2 heteroatoms. The minimum Gasteiger partial charge on any atom is -0.309 e. The summed E-state index contributed by atoms with van der Waals surface area (Å²) < 4.78 is 0. The molecule has 0 rings (SSSR count). The van der Waals surface area contributed by atoms with E-state index in [1.807, 2.05) is 0 Å². The second-order valence-electron chi connectivity index (χ2n) is 8.41. The van der Waals surface area contributed by atoms with Crippen molar-refractivity contribution in [2.24, 2.45) is 0 Å². The molecule has 0 radical (unpaired) electrons. The molecule has 0 aliphatic heterocycles. The van der Waals surface area contributed by atoms with Crippen LogP contribution in [-0.4, -0.2) is 50.6 Å². The topological polar surface area (TPSA) is 6.48 Å². The Balaban J connectivity index is 3.09. The molecule has 0 aromatic carbocycles. The van der Waals surface area contributed by atoms with Gasteiger partial charge in [-0.15, -0.1) is 0 Å². The van der Waals surface area contributed by atoms with Crippen LogP contribution >= 0.6 is 0 Å². The summed E-state index contributed by atoms with van der Waals surface area (Å²) in [6, 6.07) is 0. The summed E-state index contributed by atoms with van der Waals surface area (Å²) in [6.45, 7) is 6.04. The molecule has 0 aliphatic rings. The van der Waals surface area contributed by atoms with Crippen molar-refractivity contribution in [3.63, 3.8) is 0 Å². The lowest BCUT2D eigenvalue weighted by atomic mass is 10.0. The maximum absolute atomic E-state index is 2.51. The van der Waals surface area contributed by atoms with E-state index in [1.165, 1.54) is 122 Å². The van der Waals surface area contributed by atoms with Gasteiger partial charge in [0, 0.05) is 0 Å². The van der Waals surface area contributed by atoms with Crippen LogP contribution in [0.4, 0.5) is 0 Å².